The summed E-state index contributed by atoms with van der Waals surface area (Å²) in [5.74, 6) is -0.0849. The zero-order valence-corrected chi connectivity index (χ0v) is 14.4. The third-order valence-electron chi connectivity index (χ3n) is 4.82. The van der Waals surface area contributed by atoms with E-state index < -0.39 is 5.54 Å². The molecule has 0 radical (unpaired) electrons. The van der Waals surface area contributed by atoms with E-state index >= 15 is 0 Å². The summed E-state index contributed by atoms with van der Waals surface area (Å²) in [4.78, 5) is 14.4. The van der Waals surface area contributed by atoms with Gasteiger partial charge in [-0.25, -0.2) is 0 Å². The molecule has 1 saturated heterocycles. The predicted molar refractivity (Wildman–Crippen MR) is 91.5 cm³/mol. The lowest BCUT2D eigenvalue weighted by atomic mass is 10.00. The topological polar surface area (TPSA) is 65.4 Å². The predicted octanol–water partition coefficient (Wildman–Crippen LogP) is 2.67. The summed E-state index contributed by atoms with van der Waals surface area (Å²) in [6.45, 7) is 2.17. The Morgan fingerprint density at radius 2 is 2.17 bits per heavy atom. The molecule has 1 unspecified atom stereocenters. The van der Waals surface area contributed by atoms with Gasteiger partial charge in [-0.3, -0.25) is 9.69 Å². The quantitative estimate of drug-likeness (QED) is 0.909. The molecule has 0 spiro atoms. The molecule has 128 valence electrons. The fourth-order valence-corrected chi connectivity index (χ4v) is 3.78. The highest BCUT2D eigenvalue weighted by Crippen LogP contribution is 2.30. The van der Waals surface area contributed by atoms with Gasteiger partial charge in [-0.2, -0.15) is 5.26 Å². The SMILES string of the molecule is N#CC1(NC(=O)CN2CCOC(c3ccccc3Cl)C2)CCCC1. The monoisotopic (exact) mass is 347 g/mol. The second-order valence-electron chi connectivity index (χ2n) is 6.57. The summed E-state index contributed by atoms with van der Waals surface area (Å²) in [6.07, 6.45) is 3.37. The van der Waals surface area contributed by atoms with Crippen LogP contribution < -0.4 is 5.32 Å². The van der Waals surface area contributed by atoms with E-state index in [1.807, 2.05) is 24.3 Å². The Morgan fingerprint density at radius 3 is 2.88 bits per heavy atom. The van der Waals surface area contributed by atoms with E-state index in [1.165, 1.54) is 0 Å². The minimum absolute atomic E-state index is 0.0849. The van der Waals surface area contributed by atoms with Gasteiger partial charge in [0.15, 0.2) is 0 Å². The highest BCUT2D eigenvalue weighted by atomic mass is 35.5. The fraction of sp³-hybridized carbons (Fsp3) is 0.556. The van der Waals surface area contributed by atoms with Crippen LogP contribution in [-0.4, -0.2) is 42.6 Å². The van der Waals surface area contributed by atoms with Crippen LogP contribution in [0.25, 0.3) is 0 Å². The first-order valence-corrected chi connectivity index (χ1v) is 8.80. The highest BCUT2D eigenvalue weighted by molar-refractivity contribution is 6.31. The Kier molecular flexibility index (Phi) is 5.40. The fourth-order valence-electron chi connectivity index (χ4n) is 3.52. The summed E-state index contributed by atoms with van der Waals surface area (Å²) in [6, 6.07) is 9.93. The van der Waals surface area contributed by atoms with E-state index in [4.69, 9.17) is 16.3 Å². The largest absolute Gasteiger partial charge is 0.371 e. The first-order valence-electron chi connectivity index (χ1n) is 8.42. The molecule has 0 aromatic heterocycles. The summed E-state index contributed by atoms with van der Waals surface area (Å²) in [5, 5.41) is 13.0. The number of carbonyl (C=O) groups excluding carboxylic acids is 1. The first kappa shape index (κ1) is 17.2. The normalized spacial score (nSPS) is 23.6. The van der Waals surface area contributed by atoms with Crippen molar-refractivity contribution >= 4 is 17.5 Å². The molecule has 6 heteroatoms. The van der Waals surface area contributed by atoms with E-state index in [0.717, 1.165) is 31.2 Å². The van der Waals surface area contributed by atoms with Crippen LogP contribution in [0.1, 0.15) is 37.4 Å². The molecular weight excluding hydrogens is 326 g/mol. The molecule has 0 bridgehead atoms. The molecule has 1 N–H and O–H groups in total. The van der Waals surface area contributed by atoms with Gasteiger partial charge in [0.1, 0.15) is 5.54 Å². The minimum atomic E-state index is -0.661. The number of ether oxygens (including phenoxy) is 1. The molecule has 5 nitrogen and oxygen atoms in total. The molecule has 2 fully saturated rings. The zero-order chi connectivity index (χ0) is 17.0. The molecule has 3 rings (SSSR count). The summed E-state index contributed by atoms with van der Waals surface area (Å²) in [5.41, 5.74) is 0.291. The number of carbonyl (C=O) groups is 1. The number of morpholine rings is 1. The number of nitrogens with zero attached hydrogens (tertiary/aromatic N) is 2. The number of amides is 1. The van der Waals surface area contributed by atoms with Crippen LogP contribution in [0.3, 0.4) is 0 Å². The van der Waals surface area contributed by atoms with Crippen LogP contribution in [-0.2, 0) is 9.53 Å². The average Bonchev–Trinajstić information content (AvgIpc) is 3.04. The Bertz CT molecular complexity index is 637. The molecule has 24 heavy (non-hydrogen) atoms. The Labute approximate surface area is 147 Å². The molecule has 1 aliphatic heterocycles. The van der Waals surface area contributed by atoms with Crippen molar-refractivity contribution in [2.24, 2.45) is 0 Å². The van der Waals surface area contributed by atoms with Crippen molar-refractivity contribution in [2.45, 2.75) is 37.3 Å². The van der Waals surface area contributed by atoms with Gasteiger partial charge in [-0.1, -0.05) is 29.8 Å². The molecule has 1 atom stereocenters. The van der Waals surface area contributed by atoms with Gasteiger partial charge in [0.25, 0.3) is 0 Å². The van der Waals surface area contributed by atoms with Crippen LogP contribution in [0, 0.1) is 11.3 Å². The van der Waals surface area contributed by atoms with E-state index in [2.05, 4.69) is 16.3 Å². The standard InChI is InChI=1S/C18H22ClN3O2/c19-15-6-2-1-5-14(15)16-11-22(9-10-24-16)12-17(23)21-18(13-20)7-3-4-8-18/h1-2,5-6,16H,3-4,7-12H2,(H,21,23). The molecule has 1 aliphatic carbocycles. The van der Waals surface area contributed by atoms with Crippen molar-refractivity contribution in [1.29, 1.82) is 5.26 Å². The molecule has 2 aliphatic rings. The number of nitriles is 1. The maximum Gasteiger partial charge on any atom is 0.235 e. The third-order valence-corrected chi connectivity index (χ3v) is 5.16. The molecule has 1 saturated carbocycles. The van der Waals surface area contributed by atoms with Crippen LogP contribution in [0.5, 0.6) is 0 Å². The summed E-state index contributed by atoms with van der Waals surface area (Å²) < 4.78 is 5.82. The number of benzene rings is 1. The first-order chi connectivity index (χ1) is 11.6. The van der Waals surface area contributed by atoms with E-state index in [1.54, 1.807) is 0 Å². The number of hydrogen-bond acceptors (Lipinski definition) is 4. The number of rotatable bonds is 4. The third kappa shape index (κ3) is 3.89. The van der Waals surface area contributed by atoms with Crippen molar-refractivity contribution in [3.8, 4) is 6.07 Å². The summed E-state index contributed by atoms with van der Waals surface area (Å²) >= 11 is 6.25. The Balaban J connectivity index is 1.58. The van der Waals surface area contributed by atoms with Gasteiger partial charge < -0.3 is 10.1 Å². The number of hydrogen-bond donors (Lipinski definition) is 1. The zero-order valence-electron chi connectivity index (χ0n) is 13.6. The van der Waals surface area contributed by atoms with Crippen molar-refractivity contribution in [2.75, 3.05) is 26.2 Å². The smallest absolute Gasteiger partial charge is 0.235 e. The number of halogens is 1. The van der Waals surface area contributed by atoms with Crippen LogP contribution in [0.15, 0.2) is 24.3 Å². The second-order valence-corrected chi connectivity index (χ2v) is 6.97. The minimum Gasteiger partial charge on any atom is -0.371 e. The maximum atomic E-state index is 12.4. The Hall–Kier alpha value is -1.61. The van der Waals surface area contributed by atoms with Gasteiger partial charge >= 0.3 is 0 Å². The maximum absolute atomic E-state index is 12.4. The molecular formula is C18H22ClN3O2. The van der Waals surface area contributed by atoms with Crippen LogP contribution >= 0.6 is 11.6 Å². The van der Waals surface area contributed by atoms with E-state index in [-0.39, 0.29) is 18.6 Å². The van der Waals surface area contributed by atoms with Gasteiger partial charge in [-0.05, 0) is 31.7 Å². The number of nitrogens with one attached hydrogen (secondary N) is 1. The van der Waals surface area contributed by atoms with Crippen LogP contribution in [0.2, 0.25) is 5.02 Å². The Morgan fingerprint density at radius 1 is 1.42 bits per heavy atom. The van der Waals surface area contributed by atoms with E-state index in [0.29, 0.717) is 24.7 Å². The average molecular weight is 348 g/mol. The van der Waals surface area contributed by atoms with Gasteiger partial charge in [0.2, 0.25) is 5.91 Å². The molecule has 1 aromatic carbocycles. The second kappa shape index (κ2) is 7.52. The lowest BCUT2D eigenvalue weighted by molar-refractivity contribution is -0.125. The molecule has 1 aromatic rings. The lowest BCUT2D eigenvalue weighted by Gasteiger charge is -2.33. The lowest BCUT2D eigenvalue weighted by Crippen LogP contribution is -2.50. The van der Waals surface area contributed by atoms with Crippen molar-refractivity contribution in [3.05, 3.63) is 34.9 Å². The molecule has 1 heterocycles. The summed E-state index contributed by atoms with van der Waals surface area (Å²) in [7, 11) is 0. The van der Waals surface area contributed by atoms with Gasteiger partial charge in [0, 0.05) is 23.7 Å². The van der Waals surface area contributed by atoms with Crippen molar-refractivity contribution < 1.29 is 9.53 Å². The van der Waals surface area contributed by atoms with E-state index in [9.17, 15) is 10.1 Å². The highest BCUT2D eigenvalue weighted by Gasteiger charge is 2.36. The van der Waals surface area contributed by atoms with Gasteiger partial charge in [-0.15, -0.1) is 0 Å². The van der Waals surface area contributed by atoms with Crippen molar-refractivity contribution in [1.82, 2.24) is 10.2 Å². The van der Waals surface area contributed by atoms with Crippen molar-refractivity contribution in [3.63, 3.8) is 0 Å². The van der Waals surface area contributed by atoms with Gasteiger partial charge in [0.05, 0.1) is 25.3 Å². The molecule has 1 amide bonds. The van der Waals surface area contributed by atoms with Crippen LogP contribution in [0.4, 0.5) is 0 Å².